The second-order valence-corrected chi connectivity index (χ2v) is 4.95. The lowest BCUT2D eigenvalue weighted by Crippen LogP contribution is -2.56. The van der Waals surface area contributed by atoms with Crippen molar-refractivity contribution < 1.29 is 9.59 Å². The predicted octanol–water partition coefficient (Wildman–Crippen LogP) is -0.277. The smallest absolute Gasteiger partial charge is 0.242 e. The molecule has 2 amide bonds. The van der Waals surface area contributed by atoms with Gasteiger partial charge in [-0.1, -0.05) is 0 Å². The van der Waals surface area contributed by atoms with E-state index in [-0.39, 0.29) is 17.9 Å². The summed E-state index contributed by atoms with van der Waals surface area (Å²) in [5.74, 6) is 0.593. The predicted molar refractivity (Wildman–Crippen MR) is 64.4 cm³/mol. The molecule has 0 spiro atoms. The van der Waals surface area contributed by atoms with Crippen molar-refractivity contribution in [3.05, 3.63) is 0 Å². The van der Waals surface area contributed by atoms with E-state index in [1.54, 1.807) is 11.8 Å². The number of piperazine rings is 1. The van der Waals surface area contributed by atoms with Gasteiger partial charge in [0.05, 0.1) is 0 Å². The lowest BCUT2D eigenvalue weighted by molar-refractivity contribution is -0.143. The van der Waals surface area contributed by atoms with Crippen LogP contribution in [0.4, 0.5) is 0 Å². The summed E-state index contributed by atoms with van der Waals surface area (Å²) >= 11 is 0. The molecule has 1 atom stereocenters. The summed E-state index contributed by atoms with van der Waals surface area (Å²) in [7, 11) is 0. The summed E-state index contributed by atoms with van der Waals surface area (Å²) in [6.07, 6.45) is 2.74. The molecule has 2 aliphatic heterocycles. The zero-order valence-corrected chi connectivity index (χ0v) is 10.4. The van der Waals surface area contributed by atoms with E-state index in [0.717, 1.165) is 25.9 Å². The van der Waals surface area contributed by atoms with E-state index < -0.39 is 0 Å². The average Bonchev–Trinajstić information content (AvgIpc) is 2.34. The minimum Gasteiger partial charge on any atom is -0.353 e. The van der Waals surface area contributed by atoms with Gasteiger partial charge in [-0.05, 0) is 38.8 Å². The first kappa shape index (κ1) is 12.4. The number of hydrogen-bond donors (Lipinski definition) is 2. The number of nitrogens with one attached hydrogen (secondary N) is 2. The van der Waals surface area contributed by atoms with Gasteiger partial charge >= 0.3 is 0 Å². The molecule has 5 nitrogen and oxygen atoms in total. The Balaban J connectivity index is 1.87. The quantitative estimate of drug-likeness (QED) is 0.697. The third-order valence-corrected chi connectivity index (χ3v) is 3.74. The van der Waals surface area contributed by atoms with Crippen LogP contribution < -0.4 is 10.6 Å². The van der Waals surface area contributed by atoms with Crippen LogP contribution in [0.1, 0.15) is 26.2 Å². The molecule has 0 aromatic heterocycles. The molecule has 0 radical (unpaired) electrons. The van der Waals surface area contributed by atoms with Gasteiger partial charge in [0.1, 0.15) is 6.04 Å². The van der Waals surface area contributed by atoms with E-state index in [4.69, 9.17) is 0 Å². The van der Waals surface area contributed by atoms with Crippen molar-refractivity contribution in [3.8, 4) is 0 Å². The van der Waals surface area contributed by atoms with E-state index >= 15 is 0 Å². The highest BCUT2D eigenvalue weighted by atomic mass is 16.2. The van der Waals surface area contributed by atoms with E-state index in [9.17, 15) is 9.59 Å². The summed E-state index contributed by atoms with van der Waals surface area (Å²) in [5, 5.41) is 6.07. The van der Waals surface area contributed by atoms with Gasteiger partial charge in [0.15, 0.2) is 0 Å². The van der Waals surface area contributed by atoms with Crippen LogP contribution in [-0.2, 0) is 9.59 Å². The Bertz CT molecular complexity index is 300. The largest absolute Gasteiger partial charge is 0.353 e. The van der Waals surface area contributed by atoms with E-state index in [1.807, 2.05) is 0 Å². The first-order valence-electron chi connectivity index (χ1n) is 6.46. The van der Waals surface area contributed by atoms with Crippen molar-refractivity contribution >= 4 is 11.8 Å². The molecule has 17 heavy (non-hydrogen) atoms. The Hall–Kier alpha value is -1.10. The van der Waals surface area contributed by atoms with Gasteiger partial charge in [0, 0.05) is 19.5 Å². The molecule has 0 saturated carbocycles. The summed E-state index contributed by atoms with van der Waals surface area (Å²) < 4.78 is 0. The Morgan fingerprint density at radius 3 is 2.76 bits per heavy atom. The molecule has 2 N–H and O–H groups in total. The van der Waals surface area contributed by atoms with Gasteiger partial charge in [0.25, 0.3) is 0 Å². The molecule has 0 aliphatic carbocycles. The standard InChI is InChI=1S/C12H21N3O2/c1-9-12(17)14-6-7-15(9)11(16)8-10-2-4-13-5-3-10/h9-10,13H,2-8H2,1H3,(H,14,17)/t9-/m0/s1. The highest BCUT2D eigenvalue weighted by Crippen LogP contribution is 2.18. The molecule has 0 aromatic carbocycles. The van der Waals surface area contributed by atoms with Gasteiger partial charge in [-0.25, -0.2) is 0 Å². The number of carbonyl (C=O) groups excluding carboxylic acids is 2. The van der Waals surface area contributed by atoms with Crippen LogP contribution in [0.5, 0.6) is 0 Å². The summed E-state index contributed by atoms with van der Waals surface area (Å²) in [6.45, 7) is 5.05. The zero-order valence-electron chi connectivity index (χ0n) is 10.4. The fraction of sp³-hybridized carbons (Fsp3) is 0.833. The molecular weight excluding hydrogens is 218 g/mol. The number of nitrogens with zero attached hydrogens (tertiary/aromatic N) is 1. The molecule has 2 fully saturated rings. The summed E-state index contributed by atoms with van der Waals surface area (Å²) in [6, 6.07) is -0.307. The average molecular weight is 239 g/mol. The van der Waals surface area contributed by atoms with E-state index in [0.29, 0.717) is 25.4 Å². The summed E-state index contributed by atoms with van der Waals surface area (Å²) in [5.41, 5.74) is 0. The van der Waals surface area contributed by atoms with Gasteiger partial charge in [0.2, 0.25) is 11.8 Å². The number of rotatable bonds is 2. The first-order chi connectivity index (χ1) is 8.18. The number of hydrogen-bond acceptors (Lipinski definition) is 3. The third-order valence-electron chi connectivity index (χ3n) is 3.74. The molecule has 96 valence electrons. The molecule has 0 unspecified atom stereocenters. The van der Waals surface area contributed by atoms with Gasteiger partial charge < -0.3 is 15.5 Å². The third kappa shape index (κ3) is 2.97. The lowest BCUT2D eigenvalue weighted by Gasteiger charge is -2.34. The maximum atomic E-state index is 12.1. The van der Waals surface area contributed by atoms with Crippen molar-refractivity contribution in [2.75, 3.05) is 26.2 Å². The molecule has 2 heterocycles. The minimum atomic E-state index is -0.307. The van der Waals surface area contributed by atoms with Gasteiger partial charge in [-0.3, -0.25) is 9.59 Å². The highest BCUT2D eigenvalue weighted by molar-refractivity contribution is 5.88. The van der Waals surface area contributed by atoms with Crippen molar-refractivity contribution in [1.29, 1.82) is 0 Å². The molecule has 0 bridgehead atoms. The van der Waals surface area contributed by atoms with E-state index in [2.05, 4.69) is 10.6 Å². The Labute approximate surface area is 102 Å². The molecule has 5 heteroatoms. The minimum absolute atomic E-state index is 0.0325. The van der Waals surface area contributed by atoms with Crippen molar-refractivity contribution in [2.45, 2.75) is 32.2 Å². The normalized spacial score (nSPS) is 26.8. The maximum absolute atomic E-state index is 12.1. The fourth-order valence-corrected chi connectivity index (χ4v) is 2.57. The fourth-order valence-electron chi connectivity index (χ4n) is 2.57. The zero-order chi connectivity index (χ0) is 12.3. The first-order valence-corrected chi connectivity index (χ1v) is 6.46. The Kier molecular flexibility index (Phi) is 3.99. The van der Waals surface area contributed by atoms with Crippen molar-refractivity contribution in [1.82, 2.24) is 15.5 Å². The van der Waals surface area contributed by atoms with Crippen LogP contribution in [0.25, 0.3) is 0 Å². The van der Waals surface area contributed by atoms with Gasteiger partial charge in [-0.15, -0.1) is 0 Å². The van der Waals surface area contributed by atoms with Crippen LogP contribution in [0.2, 0.25) is 0 Å². The molecule has 2 rings (SSSR count). The molecular formula is C12H21N3O2. The topological polar surface area (TPSA) is 61.4 Å². The van der Waals surface area contributed by atoms with Crippen LogP contribution in [-0.4, -0.2) is 48.9 Å². The van der Waals surface area contributed by atoms with Crippen LogP contribution >= 0.6 is 0 Å². The number of piperidine rings is 1. The molecule has 0 aromatic rings. The Morgan fingerprint density at radius 2 is 2.06 bits per heavy atom. The van der Waals surface area contributed by atoms with E-state index in [1.165, 1.54) is 0 Å². The second kappa shape index (κ2) is 5.49. The molecule has 2 saturated heterocycles. The van der Waals surface area contributed by atoms with Crippen LogP contribution in [0.15, 0.2) is 0 Å². The lowest BCUT2D eigenvalue weighted by atomic mass is 9.93. The number of amides is 2. The van der Waals surface area contributed by atoms with Gasteiger partial charge in [-0.2, -0.15) is 0 Å². The maximum Gasteiger partial charge on any atom is 0.242 e. The SMILES string of the molecule is C[C@H]1C(=O)NCCN1C(=O)CC1CCNCC1. The highest BCUT2D eigenvalue weighted by Gasteiger charge is 2.30. The monoisotopic (exact) mass is 239 g/mol. The van der Waals surface area contributed by atoms with Crippen molar-refractivity contribution in [3.63, 3.8) is 0 Å². The van der Waals surface area contributed by atoms with Crippen LogP contribution in [0.3, 0.4) is 0 Å². The Morgan fingerprint density at radius 1 is 1.35 bits per heavy atom. The molecule has 2 aliphatic rings. The second-order valence-electron chi connectivity index (χ2n) is 4.95. The number of carbonyl (C=O) groups is 2. The van der Waals surface area contributed by atoms with Crippen LogP contribution in [0, 0.1) is 5.92 Å². The van der Waals surface area contributed by atoms with Crippen molar-refractivity contribution in [2.24, 2.45) is 5.92 Å². The summed E-state index contributed by atoms with van der Waals surface area (Å²) in [4.78, 5) is 25.4.